The summed E-state index contributed by atoms with van der Waals surface area (Å²) in [6, 6.07) is 5.59. The maximum atomic E-state index is 11.8. The van der Waals surface area contributed by atoms with Crippen molar-refractivity contribution in [3.8, 4) is 5.82 Å². The van der Waals surface area contributed by atoms with E-state index in [1.54, 1.807) is 16.9 Å². The van der Waals surface area contributed by atoms with Crippen LogP contribution in [0.15, 0.2) is 24.4 Å². The molecule has 0 saturated heterocycles. The molecule has 7 nitrogen and oxygen atoms in total. The Labute approximate surface area is 135 Å². The summed E-state index contributed by atoms with van der Waals surface area (Å²) in [4.78, 5) is 16.1. The highest BCUT2D eigenvalue weighted by molar-refractivity contribution is 7.92. The summed E-state index contributed by atoms with van der Waals surface area (Å²) in [6.45, 7) is 5.46. The van der Waals surface area contributed by atoms with Crippen molar-refractivity contribution in [3.63, 3.8) is 0 Å². The van der Waals surface area contributed by atoms with Gasteiger partial charge in [-0.3, -0.25) is 4.79 Å². The van der Waals surface area contributed by atoms with Gasteiger partial charge in [0.2, 0.25) is 5.91 Å². The minimum atomic E-state index is -3.39. The van der Waals surface area contributed by atoms with Gasteiger partial charge >= 0.3 is 0 Å². The Bertz CT molecular complexity index is 810. The molecule has 0 spiro atoms. The van der Waals surface area contributed by atoms with E-state index in [0.29, 0.717) is 5.82 Å². The van der Waals surface area contributed by atoms with Crippen molar-refractivity contribution in [3.05, 3.63) is 41.3 Å². The van der Waals surface area contributed by atoms with E-state index in [-0.39, 0.29) is 6.54 Å². The van der Waals surface area contributed by atoms with Crippen molar-refractivity contribution in [1.82, 2.24) is 20.1 Å². The molecule has 124 valence electrons. The third kappa shape index (κ3) is 4.16. The summed E-state index contributed by atoms with van der Waals surface area (Å²) >= 11 is 0. The molecule has 2 aromatic heterocycles. The predicted molar refractivity (Wildman–Crippen MR) is 87.0 cm³/mol. The highest BCUT2D eigenvalue weighted by Crippen LogP contribution is 2.10. The molecule has 8 heteroatoms. The Morgan fingerprint density at radius 2 is 2.04 bits per heavy atom. The SMILES string of the molecule is Cc1cc(C)n(-c2ccc(CNC(=O)C(C)S(C)(=O)=O)cn2)n1. The number of nitrogens with one attached hydrogen (secondary N) is 1. The van der Waals surface area contributed by atoms with Crippen molar-refractivity contribution in [2.75, 3.05) is 6.26 Å². The van der Waals surface area contributed by atoms with Crippen LogP contribution in [0, 0.1) is 13.8 Å². The molecule has 1 amide bonds. The molecule has 0 aliphatic heterocycles. The minimum absolute atomic E-state index is 0.225. The second-order valence-corrected chi connectivity index (χ2v) is 7.92. The molecule has 1 unspecified atom stereocenters. The van der Waals surface area contributed by atoms with Crippen molar-refractivity contribution in [2.24, 2.45) is 0 Å². The first-order valence-corrected chi connectivity index (χ1v) is 9.09. The molecule has 23 heavy (non-hydrogen) atoms. The second kappa shape index (κ2) is 6.49. The first kappa shape index (κ1) is 17.1. The number of aryl methyl sites for hydroxylation is 2. The standard InChI is InChI=1S/C15H20N4O3S/c1-10-7-11(2)19(18-10)14-6-5-13(8-16-14)9-17-15(20)12(3)23(4,21)22/h5-8,12H,9H2,1-4H3,(H,17,20). The van der Waals surface area contributed by atoms with Gasteiger partial charge in [0.15, 0.2) is 15.7 Å². The second-order valence-electron chi connectivity index (χ2n) is 5.55. The Hall–Kier alpha value is -2.22. The summed E-state index contributed by atoms with van der Waals surface area (Å²) in [5.74, 6) is 0.172. The van der Waals surface area contributed by atoms with Gasteiger partial charge in [0.1, 0.15) is 5.25 Å². The fourth-order valence-corrected chi connectivity index (χ4v) is 2.51. The highest BCUT2D eigenvalue weighted by Gasteiger charge is 2.22. The predicted octanol–water partition coefficient (Wildman–Crippen LogP) is 0.933. The summed E-state index contributed by atoms with van der Waals surface area (Å²) in [7, 11) is -3.39. The van der Waals surface area contributed by atoms with Crippen LogP contribution in [0.25, 0.3) is 5.82 Å². The van der Waals surface area contributed by atoms with Gasteiger partial charge in [-0.05, 0) is 38.5 Å². The lowest BCUT2D eigenvalue weighted by Gasteiger charge is -2.10. The number of aromatic nitrogens is 3. The lowest BCUT2D eigenvalue weighted by molar-refractivity contribution is -0.120. The molecule has 0 saturated carbocycles. The van der Waals surface area contributed by atoms with Crippen LogP contribution in [-0.4, -0.2) is 40.6 Å². The number of carbonyl (C=O) groups excluding carboxylic acids is 1. The Balaban J connectivity index is 2.04. The molecular weight excluding hydrogens is 316 g/mol. The smallest absolute Gasteiger partial charge is 0.238 e. The van der Waals surface area contributed by atoms with Crippen LogP contribution in [0.1, 0.15) is 23.9 Å². The van der Waals surface area contributed by atoms with Crippen LogP contribution in [0.3, 0.4) is 0 Å². The average Bonchev–Trinajstić information content (AvgIpc) is 2.82. The molecule has 0 radical (unpaired) electrons. The molecule has 2 rings (SSSR count). The van der Waals surface area contributed by atoms with Gasteiger partial charge in [0.25, 0.3) is 0 Å². The van der Waals surface area contributed by atoms with Crippen molar-refractivity contribution >= 4 is 15.7 Å². The van der Waals surface area contributed by atoms with Crippen LogP contribution in [0.2, 0.25) is 0 Å². The summed E-state index contributed by atoms with van der Waals surface area (Å²) in [5, 5.41) is 5.89. The summed E-state index contributed by atoms with van der Waals surface area (Å²) in [5.41, 5.74) is 2.68. The highest BCUT2D eigenvalue weighted by atomic mass is 32.2. The number of hydrogen-bond donors (Lipinski definition) is 1. The van der Waals surface area contributed by atoms with Crippen LogP contribution in [-0.2, 0) is 21.2 Å². The van der Waals surface area contributed by atoms with E-state index >= 15 is 0 Å². The van der Waals surface area contributed by atoms with E-state index in [1.807, 2.05) is 26.0 Å². The number of pyridine rings is 1. The van der Waals surface area contributed by atoms with Crippen molar-refractivity contribution in [2.45, 2.75) is 32.6 Å². The molecule has 2 heterocycles. The zero-order chi connectivity index (χ0) is 17.2. The van der Waals surface area contributed by atoms with E-state index in [0.717, 1.165) is 23.2 Å². The van der Waals surface area contributed by atoms with E-state index < -0.39 is 21.0 Å². The molecule has 0 aromatic carbocycles. The molecule has 1 atom stereocenters. The van der Waals surface area contributed by atoms with Crippen LogP contribution >= 0.6 is 0 Å². The first-order chi connectivity index (χ1) is 10.7. The van der Waals surface area contributed by atoms with Gasteiger partial charge < -0.3 is 5.32 Å². The topological polar surface area (TPSA) is 94.0 Å². The third-order valence-corrected chi connectivity index (χ3v) is 5.01. The summed E-state index contributed by atoms with van der Waals surface area (Å²) < 4.78 is 24.4. The van der Waals surface area contributed by atoms with Crippen LogP contribution in [0.4, 0.5) is 0 Å². The Kier molecular flexibility index (Phi) is 4.84. The lowest BCUT2D eigenvalue weighted by Crippen LogP contribution is -2.37. The van der Waals surface area contributed by atoms with Gasteiger partial charge in [0.05, 0.1) is 5.69 Å². The third-order valence-electron chi connectivity index (χ3n) is 3.51. The van der Waals surface area contributed by atoms with Crippen LogP contribution < -0.4 is 5.32 Å². The lowest BCUT2D eigenvalue weighted by atomic mass is 10.2. The van der Waals surface area contributed by atoms with E-state index in [1.165, 1.54) is 6.92 Å². The van der Waals surface area contributed by atoms with E-state index in [9.17, 15) is 13.2 Å². The monoisotopic (exact) mass is 336 g/mol. The van der Waals surface area contributed by atoms with Gasteiger partial charge in [-0.25, -0.2) is 18.1 Å². The van der Waals surface area contributed by atoms with Crippen LogP contribution in [0.5, 0.6) is 0 Å². The molecule has 2 aromatic rings. The van der Waals surface area contributed by atoms with Gasteiger partial charge in [-0.2, -0.15) is 5.10 Å². The zero-order valence-corrected chi connectivity index (χ0v) is 14.4. The Morgan fingerprint density at radius 1 is 1.35 bits per heavy atom. The minimum Gasteiger partial charge on any atom is -0.351 e. The van der Waals surface area contributed by atoms with Gasteiger partial charge in [-0.15, -0.1) is 0 Å². The van der Waals surface area contributed by atoms with Crippen molar-refractivity contribution in [1.29, 1.82) is 0 Å². The average molecular weight is 336 g/mol. The van der Waals surface area contributed by atoms with E-state index in [4.69, 9.17) is 0 Å². The van der Waals surface area contributed by atoms with Crippen molar-refractivity contribution < 1.29 is 13.2 Å². The molecule has 0 aliphatic carbocycles. The quantitative estimate of drug-likeness (QED) is 0.877. The number of nitrogens with zero attached hydrogens (tertiary/aromatic N) is 3. The van der Waals surface area contributed by atoms with Gasteiger partial charge in [-0.1, -0.05) is 6.07 Å². The first-order valence-electron chi connectivity index (χ1n) is 7.13. The fraction of sp³-hybridized carbons (Fsp3) is 0.400. The Morgan fingerprint density at radius 3 is 2.52 bits per heavy atom. The largest absolute Gasteiger partial charge is 0.351 e. The number of hydrogen-bond acceptors (Lipinski definition) is 5. The summed E-state index contributed by atoms with van der Waals surface area (Å²) in [6.07, 6.45) is 2.68. The maximum absolute atomic E-state index is 11.8. The molecular formula is C15H20N4O3S. The maximum Gasteiger partial charge on any atom is 0.238 e. The van der Waals surface area contributed by atoms with E-state index in [2.05, 4.69) is 15.4 Å². The normalized spacial score (nSPS) is 12.9. The fourth-order valence-electron chi connectivity index (χ4n) is 2.03. The number of sulfone groups is 1. The number of amides is 1. The molecule has 0 aliphatic rings. The molecule has 0 bridgehead atoms. The zero-order valence-electron chi connectivity index (χ0n) is 13.6. The number of carbonyl (C=O) groups is 1. The molecule has 1 N–H and O–H groups in total. The van der Waals surface area contributed by atoms with Gasteiger partial charge in [0, 0.05) is 24.7 Å². The molecule has 0 fully saturated rings. The number of rotatable bonds is 5.